The van der Waals surface area contributed by atoms with E-state index in [0.29, 0.717) is 17.6 Å². The zero-order valence-electron chi connectivity index (χ0n) is 8.68. The average Bonchev–Trinajstić information content (AvgIpc) is 1.82. The van der Waals surface area contributed by atoms with Gasteiger partial charge in [0.1, 0.15) is 0 Å². The zero-order chi connectivity index (χ0) is 9.19. The molecular formula is C10H21NO. The number of ether oxygens (including phenoxy) is 1. The van der Waals surface area contributed by atoms with Crippen LogP contribution in [0.5, 0.6) is 0 Å². The fourth-order valence-corrected chi connectivity index (χ4v) is 1.68. The molecule has 0 radical (unpaired) electrons. The van der Waals surface area contributed by atoms with E-state index in [2.05, 4.69) is 33.0 Å². The highest BCUT2D eigenvalue weighted by atomic mass is 16.5. The Morgan fingerprint density at radius 2 is 2.00 bits per heavy atom. The lowest BCUT2D eigenvalue weighted by molar-refractivity contribution is -0.0444. The largest absolute Gasteiger partial charge is 0.373 e. The summed E-state index contributed by atoms with van der Waals surface area (Å²) in [6.07, 6.45) is 1.93. The lowest BCUT2D eigenvalue weighted by Crippen LogP contribution is -2.44. The molecule has 0 aromatic rings. The molecule has 0 saturated carbocycles. The van der Waals surface area contributed by atoms with Gasteiger partial charge in [0.05, 0.1) is 12.2 Å². The third-order valence-corrected chi connectivity index (χ3v) is 2.07. The lowest BCUT2D eigenvalue weighted by Gasteiger charge is -2.32. The lowest BCUT2D eigenvalue weighted by atomic mass is 9.89. The SMILES string of the molecule is CC1CNCC(CC(C)(C)C)O1. The minimum absolute atomic E-state index is 0.378. The summed E-state index contributed by atoms with van der Waals surface area (Å²) in [5.41, 5.74) is 0.378. The van der Waals surface area contributed by atoms with Crippen molar-refractivity contribution in [3.05, 3.63) is 0 Å². The van der Waals surface area contributed by atoms with Crippen LogP contribution in [-0.4, -0.2) is 25.3 Å². The maximum atomic E-state index is 5.80. The van der Waals surface area contributed by atoms with E-state index < -0.39 is 0 Å². The Morgan fingerprint density at radius 3 is 2.50 bits per heavy atom. The molecular weight excluding hydrogens is 150 g/mol. The van der Waals surface area contributed by atoms with E-state index in [0.717, 1.165) is 19.5 Å². The Morgan fingerprint density at radius 1 is 1.33 bits per heavy atom. The number of hydrogen-bond acceptors (Lipinski definition) is 2. The summed E-state index contributed by atoms with van der Waals surface area (Å²) < 4.78 is 5.80. The van der Waals surface area contributed by atoms with E-state index in [-0.39, 0.29) is 0 Å². The molecule has 12 heavy (non-hydrogen) atoms. The minimum Gasteiger partial charge on any atom is -0.373 e. The van der Waals surface area contributed by atoms with Gasteiger partial charge in [0, 0.05) is 13.1 Å². The number of rotatable bonds is 1. The van der Waals surface area contributed by atoms with Crippen LogP contribution in [0.3, 0.4) is 0 Å². The monoisotopic (exact) mass is 171 g/mol. The van der Waals surface area contributed by atoms with Gasteiger partial charge < -0.3 is 10.1 Å². The first-order valence-corrected chi connectivity index (χ1v) is 4.83. The van der Waals surface area contributed by atoms with Gasteiger partial charge in [-0.2, -0.15) is 0 Å². The van der Waals surface area contributed by atoms with E-state index in [1.54, 1.807) is 0 Å². The molecule has 1 aliphatic heterocycles. The Hall–Kier alpha value is -0.0800. The molecule has 0 aromatic heterocycles. The highest BCUT2D eigenvalue weighted by Crippen LogP contribution is 2.23. The summed E-state index contributed by atoms with van der Waals surface area (Å²) in [5, 5.41) is 3.38. The van der Waals surface area contributed by atoms with Gasteiger partial charge in [-0.1, -0.05) is 20.8 Å². The summed E-state index contributed by atoms with van der Waals surface area (Å²) in [5.74, 6) is 0. The molecule has 72 valence electrons. The Kier molecular flexibility index (Phi) is 3.13. The fraction of sp³-hybridized carbons (Fsp3) is 1.00. The topological polar surface area (TPSA) is 21.3 Å². The second-order valence-electron chi connectivity index (χ2n) is 4.99. The van der Waals surface area contributed by atoms with E-state index in [1.165, 1.54) is 0 Å². The van der Waals surface area contributed by atoms with Gasteiger partial charge >= 0.3 is 0 Å². The summed E-state index contributed by atoms with van der Waals surface area (Å²) in [6, 6.07) is 0. The molecule has 0 aliphatic carbocycles. The van der Waals surface area contributed by atoms with Crippen LogP contribution in [0.2, 0.25) is 0 Å². The first-order chi connectivity index (χ1) is 5.47. The summed E-state index contributed by atoms with van der Waals surface area (Å²) >= 11 is 0. The van der Waals surface area contributed by atoms with Crippen molar-refractivity contribution in [3.8, 4) is 0 Å². The Labute approximate surface area is 75.7 Å². The molecule has 1 fully saturated rings. The molecule has 2 heteroatoms. The summed E-state index contributed by atoms with van der Waals surface area (Å²) in [6.45, 7) is 10.9. The smallest absolute Gasteiger partial charge is 0.0708 e. The highest BCUT2D eigenvalue weighted by Gasteiger charge is 2.23. The van der Waals surface area contributed by atoms with Crippen molar-refractivity contribution in [1.29, 1.82) is 0 Å². The molecule has 0 bridgehead atoms. The minimum atomic E-state index is 0.378. The molecule has 1 N–H and O–H groups in total. The molecule has 1 saturated heterocycles. The van der Waals surface area contributed by atoms with Crippen LogP contribution >= 0.6 is 0 Å². The molecule has 2 unspecified atom stereocenters. The Bertz CT molecular complexity index is 139. The molecule has 1 rings (SSSR count). The van der Waals surface area contributed by atoms with Crippen molar-refractivity contribution >= 4 is 0 Å². The van der Waals surface area contributed by atoms with E-state index >= 15 is 0 Å². The normalized spacial score (nSPS) is 32.0. The van der Waals surface area contributed by atoms with Gasteiger partial charge in [-0.25, -0.2) is 0 Å². The fourth-order valence-electron chi connectivity index (χ4n) is 1.68. The van der Waals surface area contributed by atoms with Crippen molar-refractivity contribution in [1.82, 2.24) is 5.32 Å². The van der Waals surface area contributed by atoms with Crippen LogP contribution in [0.15, 0.2) is 0 Å². The van der Waals surface area contributed by atoms with Gasteiger partial charge in [0.25, 0.3) is 0 Å². The predicted octanol–water partition coefficient (Wildman–Crippen LogP) is 1.80. The van der Waals surface area contributed by atoms with Crippen LogP contribution < -0.4 is 5.32 Å². The molecule has 0 amide bonds. The first kappa shape index (κ1) is 10.0. The highest BCUT2D eigenvalue weighted by molar-refractivity contribution is 4.76. The summed E-state index contributed by atoms with van der Waals surface area (Å²) in [7, 11) is 0. The van der Waals surface area contributed by atoms with Crippen molar-refractivity contribution in [3.63, 3.8) is 0 Å². The third-order valence-electron chi connectivity index (χ3n) is 2.07. The van der Waals surface area contributed by atoms with Crippen LogP contribution in [-0.2, 0) is 4.74 Å². The molecule has 2 atom stereocenters. The van der Waals surface area contributed by atoms with Crippen molar-refractivity contribution in [2.24, 2.45) is 5.41 Å². The van der Waals surface area contributed by atoms with Crippen LogP contribution in [0, 0.1) is 5.41 Å². The Balaban J connectivity index is 2.32. The third kappa shape index (κ3) is 3.55. The van der Waals surface area contributed by atoms with Crippen molar-refractivity contribution in [2.75, 3.05) is 13.1 Å². The average molecular weight is 171 g/mol. The summed E-state index contributed by atoms with van der Waals surface area (Å²) in [4.78, 5) is 0. The first-order valence-electron chi connectivity index (χ1n) is 4.83. The number of morpholine rings is 1. The van der Waals surface area contributed by atoms with Gasteiger partial charge in [0.15, 0.2) is 0 Å². The van der Waals surface area contributed by atoms with Crippen molar-refractivity contribution < 1.29 is 4.74 Å². The number of hydrogen-bond donors (Lipinski definition) is 1. The maximum absolute atomic E-state index is 5.80. The number of nitrogens with one attached hydrogen (secondary N) is 1. The standard InChI is InChI=1S/C10H21NO/c1-8-6-11-7-9(12-8)5-10(2,3)4/h8-9,11H,5-7H2,1-4H3. The van der Waals surface area contributed by atoms with Crippen LogP contribution in [0.4, 0.5) is 0 Å². The quantitative estimate of drug-likeness (QED) is 0.649. The van der Waals surface area contributed by atoms with Crippen LogP contribution in [0.25, 0.3) is 0 Å². The van der Waals surface area contributed by atoms with Crippen LogP contribution in [0.1, 0.15) is 34.1 Å². The molecule has 2 nitrogen and oxygen atoms in total. The van der Waals surface area contributed by atoms with E-state index in [9.17, 15) is 0 Å². The van der Waals surface area contributed by atoms with Gasteiger partial charge in [-0.15, -0.1) is 0 Å². The van der Waals surface area contributed by atoms with Gasteiger partial charge in [0.2, 0.25) is 0 Å². The zero-order valence-corrected chi connectivity index (χ0v) is 8.68. The van der Waals surface area contributed by atoms with Crippen molar-refractivity contribution in [2.45, 2.75) is 46.3 Å². The molecule has 1 heterocycles. The maximum Gasteiger partial charge on any atom is 0.0708 e. The second-order valence-corrected chi connectivity index (χ2v) is 4.99. The predicted molar refractivity (Wildman–Crippen MR) is 51.3 cm³/mol. The van der Waals surface area contributed by atoms with E-state index in [4.69, 9.17) is 4.74 Å². The van der Waals surface area contributed by atoms with Gasteiger partial charge in [-0.3, -0.25) is 0 Å². The molecule has 0 aromatic carbocycles. The second kappa shape index (κ2) is 3.75. The van der Waals surface area contributed by atoms with Gasteiger partial charge in [-0.05, 0) is 18.8 Å². The molecule has 1 aliphatic rings. The molecule has 0 spiro atoms. The van der Waals surface area contributed by atoms with E-state index in [1.807, 2.05) is 0 Å².